The van der Waals surface area contributed by atoms with Crippen LogP contribution in [-0.4, -0.2) is 10.8 Å². The number of anilines is 1. The standard InChI is InChI=1S/C19H14N2O4/c22-19(20-15-4-2-1-3-5-15)13-11-17-10-12-18(25-17)14-6-8-16(9-7-14)21(23)24/h1-13H,(H,20,22). The molecule has 6 nitrogen and oxygen atoms in total. The van der Waals surface area contributed by atoms with Gasteiger partial charge in [0, 0.05) is 29.5 Å². The van der Waals surface area contributed by atoms with E-state index in [1.54, 1.807) is 42.5 Å². The molecule has 25 heavy (non-hydrogen) atoms. The van der Waals surface area contributed by atoms with E-state index in [9.17, 15) is 14.9 Å². The van der Waals surface area contributed by atoms with Crippen LogP contribution in [0.3, 0.4) is 0 Å². The topological polar surface area (TPSA) is 85.4 Å². The van der Waals surface area contributed by atoms with Gasteiger partial charge in [-0.25, -0.2) is 0 Å². The smallest absolute Gasteiger partial charge is 0.269 e. The van der Waals surface area contributed by atoms with E-state index >= 15 is 0 Å². The van der Waals surface area contributed by atoms with Crippen molar-refractivity contribution in [2.75, 3.05) is 5.32 Å². The molecule has 0 atom stereocenters. The van der Waals surface area contributed by atoms with Gasteiger partial charge in [0.05, 0.1) is 4.92 Å². The molecule has 3 aromatic rings. The van der Waals surface area contributed by atoms with Crippen LogP contribution in [0.1, 0.15) is 5.76 Å². The third-order valence-corrected chi connectivity index (χ3v) is 3.43. The summed E-state index contributed by atoms with van der Waals surface area (Å²) in [6.07, 6.45) is 2.94. The van der Waals surface area contributed by atoms with Crippen LogP contribution in [0.5, 0.6) is 0 Å². The second kappa shape index (κ2) is 7.27. The van der Waals surface area contributed by atoms with Crippen molar-refractivity contribution in [3.63, 3.8) is 0 Å². The predicted octanol–water partition coefficient (Wildman–Crippen LogP) is 4.51. The molecule has 0 unspecified atom stereocenters. The number of non-ortho nitro benzene ring substituents is 1. The molecule has 6 heteroatoms. The van der Waals surface area contributed by atoms with E-state index in [1.165, 1.54) is 18.2 Å². The van der Waals surface area contributed by atoms with Gasteiger partial charge in [-0.05, 0) is 42.5 Å². The lowest BCUT2D eigenvalue weighted by Gasteiger charge is -2.00. The molecule has 0 aliphatic carbocycles. The Morgan fingerprint density at radius 1 is 1.00 bits per heavy atom. The van der Waals surface area contributed by atoms with Crippen molar-refractivity contribution in [3.05, 3.63) is 88.7 Å². The number of furan rings is 1. The minimum Gasteiger partial charge on any atom is -0.457 e. The summed E-state index contributed by atoms with van der Waals surface area (Å²) in [4.78, 5) is 22.1. The number of rotatable bonds is 5. The maximum atomic E-state index is 11.9. The predicted molar refractivity (Wildman–Crippen MR) is 94.9 cm³/mol. The first-order valence-corrected chi connectivity index (χ1v) is 7.50. The molecule has 1 amide bonds. The molecule has 0 aliphatic rings. The van der Waals surface area contributed by atoms with Gasteiger partial charge in [0.1, 0.15) is 11.5 Å². The van der Waals surface area contributed by atoms with E-state index < -0.39 is 4.92 Å². The Bertz CT molecular complexity index is 912. The van der Waals surface area contributed by atoms with Crippen LogP contribution in [0.25, 0.3) is 17.4 Å². The summed E-state index contributed by atoms with van der Waals surface area (Å²) in [5, 5.41) is 13.4. The van der Waals surface area contributed by atoms with Crippen molar-refractivity contribution in [1.82, 2.24) is 0 Å². The Hall–Kier alpha value is -3.67. The highest BCUT2D eigenvalue weighted by molar-refractivity contribution is 6.01. The molecule has 3 rings (SSSR count). The number of hydrogen-bond donors (Lipinski definition) is 1. The molecule has 124 valence electrons. The molecule has 1 heterocycles. The summed E-state index contributed by atoms with van der Waals surface area (Å²) >= 11 is 0. The van der Waals surface area contributed by atoms with Crippen LogP contribution in [0.4, 0.5) is 11.4 Å². The second-order valence-corrected chi connectivity index (χ2v) is 5.19. The second-order valence-electron chi connectivity index (χ2n) is 5.19. The molecule has 0 radical (unpaired) electrons. The highest BCUT2D eigenvalue weighted by Gasteiger charge is 2.08. The third kappa shape index (κ3) is 4.20. The van der Waals surface area contributed by atoms with Crippen LogP contribution in [0.2, 0.25) is 0 Å². The van der Waals surface area contributed by atoms with Crippen LogP contribution in [-0.2, 0) is 4.79 Å². The fraction of sp³-hybridized carbons (Fsp3) is 0. The van der Waals surface area contributed by atoms with E-state index in [4.69, 9.17) is 4.42 Å². The Morgan fingerprint density at radius 3 is 2.40 bits per heavy atom. The van der Waals surface area contributed by atoms with Gasteiger partial charge in [0.2, 0.25) is 5.91 Å². The fourth-order valence-electron chi connectivity index (χ4n) is 2.21. The summed E-state index contributed by atoms with van der Waals surface area (Å²) < 4.78 is 5.63. The average Bonchev–Trinajstić information content (AvgIpc) is 3.10. The first-order valence-electron chi connectivity index (χ1n) is 7.50. The van der Waals surface area contributed by atoms with E-state index in [0.29, 0.717) is 17.2 Å². The van der Waals surface area contributed by atoms with Crippen LogP contribution < -0.4 is 5.32 Å². The molecule has 0 spiro atoms. The van der Waals surface area contributed by atoms with Gasteiger partial charge >= 0.3 is 0 Å². The summed E-state index contributed by atoms with van der Waals surface area (Å²) in [5.41, 5.74) is 1.45. The van der Waals surface area contributed by atoms with Crippen LogP contribution >= 0.6 is 0 Å². The van der Waals surface area contributed by atoms with Gasteiger partial charge in [0.25, 0.3) is 5.69 Å². The first kappa shape index (κ1) is 16.2. The Labute approximate surface area is 143 Å². The zero-order chi connectivity index (χ0) is 17.6. The molecule has 1 aromatic heterocycles. The average molecular weight is 334 g/mol. The summed E-state index contributed by atoms with van der Waals surface area (Å²) in [6, 6.07) is 18.7. The largest absolute Gasteiger partial charge is 0.457 e. The maximum absolute atomic E-state index is 11.9. The van der Waals surface area contributed by atoms with Crippen molar-refractivity contribution < 1.29 is 14.1 Å². The summed E-state index contributed by atoms with van der Waals surface area (Å²) in [5.74, 6) is 0.814. The number of carbonyl (C=O) groups is 1. The van der Waals surface area contributed by atoms with Crippen LogP contribution in [0.15, 0.2) is 77.2 Å². The number of nitro benzene ring substituents is 1. The van der Waals surface area contributed by atoms with Crippen molar-refractivity contribution in [1.29, 1.82) is 0 Å². The molecule has 0 bridgehead atoms. The molecular formula is C19H14N2O4. The van der Waals surface area contributed by atoms with Gasteiger partial charge in [-0.2, -0.15) is 0 Å². The molecule has 1 N–H and O–H groups in total. The number of hydrogen-bond acceptors (Lipinski definition) is 4. The fourth-order valence-corrected chi connectivity index (χ4v) is 2.21. The van der Waals surface area contributed by atoms with Gasteiger partial charge in [-0.3, -0.25) is 14.9 Å². The number of para-hydroxylation sites is 1. The molecule has 0 aliphatic heterocycles. The molecule has 0 saturated heterocycles. The van der Waals surface area contributed by atoms with Crippen molar-refractivity contribution in [2.45, 2.75) is 0 Å². The zero-order valence-electron chi connectivity index (χ0n) is 13.1. The lowest BCUT2D eigenvalue weighted by Crippen LogP contribution is -2.07. The van der Waals surface area contributed by atoms with E-state index in [-0.39, 0.29) is 11.6 Å². The monoisotopic (exact) mass is 334 g/mol. The lowest BCUT2D eigenvalue weighted by molar-refractivity contribution is -0.384. The normalized spacial score (nSPS) is 10.7. The molecule has 0 saturated carbocycles. The highest BCUT2D eigenvalue weighted by atomic mass is 16.6. The van der Waals surface area contributed by atoms with Crippen molar-refractivity contribution >= 4 is 23.4 Å². The highest BCUT2D eigenvalue weighted by Crippen LogP contribution is 2.25. The molecular weight excluding hydrogens is 320 g/mol. The number of nitrogens with zero attached hydrogens (tertiary/aromatic N) is 1. The minimum absolute atomic E-state index is 0.0213. The Balaban J connectivity index is 1.66. The van der Waals surface area contributed by atoms with E-state index in [2.05, 4.69) is 5.32 Å². The quantitative estimate of drug-likeness (QED) is 0.423. The number of carbonyl (C=O) groups excluding carboxylic acids is 1. The number of benzene rings is 2. The number of nitrogens with one attached hydrogen (secondary N) is 1. The summed E-state index contributed by atoms with van der Waals surface area (Å²) in [6.45, 7) is 0. The molecule has 0 fully saturated rings. The number of amides is 1. The van der Waals surface area contributed by atoms with Gasteiger partial charge in [-0.1, -0.05) is 18.2 Å². The Morgan fingerprint density at radius 2 is 1.72 bits per heavy atom. The van der Waals surface area contributed by atoms with Crippen LogP contribution in [0, 0.1) is 10.1 Å². The Kier molecular flexibility index (Phi) is 4.71. The first-order chi connectivity index (χ1) is 12.1. The van der Waals surface area contributed by atoms with Gasteiger partial charge < -0.3 is 9.73 Å². The molecule has 2 aromatic carbocycles. The van der Waals surface area contributed by atoms with Gasteiger partial charge in [-0.15, -0.1) is 0 Å². The minimum atomic E-state index is -0.453. The van der Waals surface area contributed by atoms with E-state index in [0.717, 1.165) is 5.56 Å². The zero-order valence-corrected chi connectivity index (χ0v) is 13.1. The van der Waals surface area contributed by atoms with E-state index in [1.807, 2.05) is 18.2 Å². The SMILES string of the molecule is O=C(C=Cc1ccc(-c2ccc([N+](=O)[O-])cc2)o1)Nc1ccccc1. The van der Waals surface area contributed by atoms with Crippen molar-refractivity contribution in [2.24, 2.45) is 0 Å². The lowest BCUT2D eigenvalue weighted by atomic mass is 10.1. The summed E-state index contributed by atoms with van der Waals surface area (Å²) in [7, 11) is 0. The maximum Gasteiger partial charge on any atom is 0.269 e. The van der Waals surface area contributed by atoms with Gasteiger partial charge in [0.15, 0.2) is 0 Å². The van der Waals surface area contributed by atoms with Crippen molar-refractivity contribution in [3.8, 4) is 11.3 Å². The number of nitro groups is 1. The third-order valence-electron chi connectivity index (χ3n) is 3.43.